The fourth-order valence-corrected chi connectivity index (χ4v) is 6.43. The first kappa shape index (κ1) is 29.4. The number of carbonyl (C=O) groups excluding carboxylic acids is 2. The monoisotopic (exact) mass is 561 g/mol. The largest absolute Gasteiger partial charge is 0.518 e. The van der Waals surface area contributed by atoms with E-state index in [0.29, 0.717) is 30.7 Å². The van der Waals surface area contributed by atoms with Crippen molar-refractivity contribution in [1.82, 2.24) is 9.80 Å². The molecule has 3 aromatic rings. The van der Waals surface area contributed by atoms with E-state index in [0.717, 1.165) is 17.5 Å². The van der Waals surface area contributed by atoms with Crippen LogP contribution in [0.1, 0.15) is 75.3 Å². The maximum Gasteiger partial charge on any atom is 0.518 e. The lowest BCUT2D eigenvalue weighted by atomic mass is 9.72. The van der Waals surface area contributed by atoms with Crippen LogP contribution in [0.3, 0.4) is 0 Å². The molecule has 0 aromatic heterocycles. The van der Waals surface area contributed by atoms with Gasteiger partial charge in [-0.15, -0.1) is 0 Å². The van der Waals surface area contributed by atoms with Gasteiger partial charge < -0.3 is 9.64 Å². The van der Waals surface area contributed by atoms with Gasteiger partial charge in [-0.2, -0.15) is 4.89 Å². The number of urea groups is 1. The summed E-state index contributed by atoms with van der Waals surface area (Å²) in [6.45, 7) is 8.38. The first-order valence-corrected chi connectivity index (χ1v) is 15.2. The van der Waals surface area contributed by atoms with Crippen molar-refractivity contribution in [2.24, 2.45) is 5.41 Å². The zero-order valence-electron chi connectivity index (χ0n) is 23.6. The van der Waals surface area contributed by atoms with Gasteiger partial charge >= 0.3 is 14.1 Å². The summed E-state index contributed by atoms with van der Waals surface area (Å²) in [6.07, 6.45) is 1.08. The van der Waals surface area contributed by atoms with Gasteiger partial charge in [0.25, 0.3) is 0 Å². The Morgan fingerprint density at radius 2 is 1.45 bits per heavy atom. The summed E-state index contributed by atoms with van der Waals surface area (Å²) >= 11 is 0. The highest BCUT2D eigenvalue weighted by Crippen LogP contribution is 2.48. The summed E-state index contributed by atoms with van der Waals surface area (Å²) in [6, 6.07) is 25.4. The molecule has 3 aromatic carbocycles. The topological polar surface area (TPSA) is 87.2 Å². The van der Waals surface area contributed by atoms with E-state index in [-0.39, 0.29) is 18.0 Å². The predicted molar refractivity (Wildman–Crippen MR) is 156 cm³/mol. The number of carbonyl (C=O) groups is 2. The molecule has 0 saturated carbocycles. The quantitative estimate of drug-likeness (QED) is 0.194. The molecular formula is C32H38N2O5P+. The van der Waals surface area contributed by atoms with Crippen molar-refractivity contribution < 1.29 is 23.8 Å². The number of rotatable bonds is 11. The van der Waals surface area contributed by atoms with Gasteiger partial charge in [-0.25, -0.2) is 9.69 Å². The fraction of sp³-hybridized carbons (Fsp3) is 0.375. The van der Waals surface area contributed by atoms with E-state index in [2.05, 4.69) is 0 Å². The molecule has 2 unspecified atom stereocenters. The second-order valence-corrected chi connectivity index (χ2v) is 11.4. The standard InChI is InChI=1S/C32H37N2O5P/c1-5-22-33(23(4)24-14-10-8-11-15-24)31(36)34-29(35)32(6-2,7-3)30(34)39-27-20-18-26(19-21-27)28(40(37)38)25-16-12-9-13-17-25/h8-21,23,28,30H,5-7,22H2,1-4H3/p+1/t23-,28?,30+/m1/s1. The lowest BCUT2D eigenvalue weighted by molar-refractivity contribution is -0.192. The summed E-state index contributed by atoms with van der Waals surface area (Å²) in [5, 5.41) is 0. The van der Waals surface area contributed by atoms with Crippen molar-refractivity contribution in [1.29, 1.82) is 0 Å². The van der Waals surface area contributed by atoms with E-state index in [1.807, 2.05) is 88.4 Å². The molecule has 0 aliphatic carbocycles. The number of ether oxygens (including phenoxy) is 1. The van der Waals surface area contributed by atoms with E-state index in [1.165, 1.54) is 4.90 Å². The number of amides is 3. The van der Waals surface area contributed by atoms with Crippen molar-refractivity contribution in [3.05, 3.63) is 102 Å². The number of likely N-dealkylation sites (tertiary alicyclic amines) is 1. The molecule has 1 fully saturated rings. The Bertz CT molecular complexity index is 1310. The van der Waals surface area contributed by atoms with Crippen molar-refractivity contribution >= 4 is 20.0 Å². The third-order valence-corrected chi connectivity index (χ3v) is 9.10. The van der Waals surface area contributed by atoms with Gasteiger partial charge in [0, 0.05) is 17.7 Å². The van der Waals surface area contributed by atoms with Crippen LogP contribution in [-0.2, 0) is 9.36 Å². The number of imide groups is 1. The Morgan fingerprint density at radius 3 is 1.95 bits per heavy atom. The van der Waals surface area contributed by atoms with Gasteiger partial charge in [0.2, 0.25) is 11.6 Å². The van der Waals surface area contributed by atoms with Crippen LogP contribution in [-0.4, -0.2) is 39.4 Å². The molecule has 1 saturated heterocycles. The molecule has 40 heavy (non-hydrogen) atoms. The Morgan fingerprint density at radius 1 is 0.925 bits per heavy atom. The highest BCUT2D eigenvalue weighted by Gasteiger charge is 2.63. The van der Waals surface area contributed by atoms with Gasteiger partial charge in [-0.1, -0.05) is 93.6 Å². The van der Waals surface area contributed by atoms with E-state index >= 15 is 0 Å². The minimum Gasteiger partial charge on any atom is -0.469 e. The Labute approximate surface area is 237 Å². The number of β-lactam (4-membered cyclic amide) rings is 1. The van der Waals surface area contributed by atoms with E-state index in [9.17, 15) is 19.0 Å². The molecule has 8 heteroatoms. The van der Waals surface area contributed by atoms with Crippen LogP contribution in [0.2, 0.25) is 0 Å². The molecule has 4 rings (SSSR count). The molecule has 0 radical (unpaired) electrons. The molecule has 0 spiro atoms. The highest BCUT2D eigenvalue weighted by molar-refractivity contribution is 7.38. The van der Waals surface area contributed by atoms with Crippen LogP contribution in [0.15, 0.2) is 84.9 Å². The summed E-state index contributed by atoms with van der Waals surface area (Å²) in [5.74, 6) is 0.273. The van der Waals surface area contributed by atoms with Gasteiger partial charge in [0.05, 0.1) is 6.04 Å². The van der Waals surface area contributed by atoms with Crippen LogP contribution >= 0.6 is 8.03 Å². The molecular weight excluding hydrogens is 523 g/mol. The Kier molecular flexibility index (Phi) is 9.39. The molecule has 7 nitrogen and oxygen atoms in total. The van der Waals surface area contributed by atoms with Crippen molar-refractivity contribution in [3.63, 3.8) is 0 Å². The van der Waals surface area contributed by atoms with E-state index in [4.69, 9.17) is 4.74 Å². The second-order valence-electron chi connectivity index (χ2n) is 10.3. The molecule has 4 atom stereocenters. The molecule has 1 heterocycles. The normalized spacial score (nSPS) is 17.9. The molecule has 3 amide bonds. The van der Waals surface area contributed by atoms with Gasteiger partial charge in [-0.3, -0.25) is 4.79 Å². The summed E-state index contributed by atoms with van der Waals surface area (Å²) in [7, 11) is -2.51. The average Bonchev–Trinajstić information content (AvgIpc) is 2.98. The average molecular weight is 562 g/mol. The minimum atomic E-state index is -2.51. The number of nitrogens with zero attached hydrogens (tertiary/aromatic N) is 2. The highest BCUT2D eigenvalue weighted by atomic mass is 31.1. The summed E-state index contributed by atoms with van der Waals surface area (Å²) < 4.78 is 18.6. The lowest BCUT2D eigenvalue weighted by Gasteiger charge is -2.54. The third kappa shape index (κ3) is 5.54. The maximum absolute atomic E-state index is 13.9. The summed E-state index contributed by atoms with van der Waals surface area (Å²) in [4.78, 5) is 40.6. The molecule has 1 aliphatic rings. The van der Waals surface area contributed by atoms with Crippen molar-refractivity contribution in [2.75, 3.05) is 6.54 Å². The number of hydrogen-bond acceptors (Lipinski definition) is 4. The molecule has 1 aliphatic heterocycles. The Hall–Kier alpha value is -3.54. The maximum atomic E-state index is 13.9. The number of hydrogen-bond donors (Lipinski definition) is 1. The first-order valence-electron chi connectivity index (χ1n) is 13.9. The van der Waals surface area contributed by atoms with Crippen LogP contribution in [0.4, 0.5) is 4.79 Å². The zero-order chi connectivity index (χ0) is 28.9. The van der Waals surface area contributed by atoms with E-state index < -0.39 is 25.3 Å². The predicted octanol–water partition coefficient (Wildman–Crippen LogP) is 7.46. The van der Waals surface area contributed by atoms with Gasteiger partial charge in [0.1, 0.15) is 11.2 Å². The Balaban J connectivity index is 1.61. The van der Waals surface area contributed by atoms with Crippen LogP contribution in [0.25, 0.3) is 0 Å². The fourth-order valence-electron chi connectivity index (χ4n) is 5.57. The van der Waals surface area contributed by atoms with Gasteiger partial charge in [0.15, 0.2) is 6.23 Å². The minimum absolute atomic E-state index is 0.213. The SMILES string of the molecule is CCCN(C(=O)N1C(=O)C(CC)(CC)[C@@H]1Oc1ccc(C(c2ccccc2)[P+](=O)O)cc1)[C@H](C)c1ccccc1. The van der Waals surface area contributed by atoms with Crippen LogP contribution in [0, 0.1) is 5.41 Å². The smallest absolute Gasteiger partial charge is 0.469 e. The van der Waals surface area contributed by atoms with Crippen LogP contribution in [0.5, 0.6) is 5.75 Å². The van der Waals surface area contributed by atoms with E-state index in [1.54, 1.807) is 29.2 Å². The second kappa shape index (κ2) is 12.8. The molecule has 1 N–H and O–H groups in total. The molecule has 210 valence electrons. The summed E-state index contributed by atoms with van der Waals surface area (Å²) in [5.41, 5.74) is 0.964. The van der Waals surface area contributed by atoms with Gasteiger partial charge in [-0.05, 0) is 48.4 Å². The third-order valence-electron chi connectivity index (χ3n) is 8.06. The molecule has 0 bridgehead atoms. The first-order chi connectivity index (χ1) is 19.3. The van der Waals surface area contributed by atoms with Crippen molar-refractivity contribution in [2.45, 2.75) is 64.9 Å². The van der Waals surface area contributed by atoms with Crippen molar-refractivity contribution in [3.8, 4) is 5.75 Å². The number of benzene rings is 3. The van der Waals surface area contributed by atoms with Crippen LogP contribution < -0.4 is 4.74 Å². The lowest BCUT2D eigenvalue weighted by Crippen LogP contribution is -2.74. The zero-order valence-corrected chi connectivity index (χ0v) is 24.5.